The maximum Gasteiger partial charge on any atom is 0.328 e. The molecule has 0 saturated carbocycles. The molecule has 0 saturated heterocycles. The van der Waals surface area contributed by atoms with E-state index < -0.39 is 11.9 Å². The molecule has 22 heavy (non-hydrogen) atoms. The van der Waals surface area contributed by atoms with Gasteiger partial charge in [-0.2, -0.15) is 11.3 Å². The van der Waals surface area contributed by atoms with Gasteiger partial charge in [-0.05, 0) is 35.2 Å². The molecule has 1 atom stereocenters. The van der Waals surface area contributed by atoms with Crippen molar-refractivity contribution in [1.82, 2.24) is 9.55 Å². The number of thiophene rings is 1. The van der Waals surface area contributed by atoms with E-state index >= 15 is 0 Å². The van der Waals surface area contributed by atoms with E-state index in [0.29, 0.717) is 18.2 Å². The number of imidazole rings is 1. The topological polar surface area (TPSA) is 92.4 Å². The predicted octanol–water partition coefficient (Wildman–Crippen LogP) is 2.83. The Labute approximate surface area is 132 Å². The molecule has 6 nitrogen and oxygen atoms in total. The van der Waals surface area contributed by atoms with Crippen LogP contribution in [0.15, 0.2) is 41.6 Å². The number of carbonyl (C=O) groups is 2. The normalized spacial score (nSPS) is 11.7. The fraction of sp³-hybridized carbons (Fsp3) is 0.267. The van der Waals surface area contributed by atoms with Crippen LogP contribution in [0.3, 0.4) is 0 Å². The molecular weight excluding hydrogens is 304 g/mol. The maximum atomic E-state index is 9.55. The van der Waals surface area contributed by atoms with Crippen LogP contribution in [0, 0.1) is 0 Å². The SMILES string of the molecule is CCc1cscc1C(C)n1ccnc1.O=C(O)/C=C/C(=O)O. The van der Waals surface area contributed by atoms with Crippen LogP contribution in [-0.2, 0) is 16.0 Å². The molecule has 0 amide bonds. The molecule has 0 aromatic carbocycles. The maximum absolute atomic E-state index is 9.55. The fourth-order valence-electron chi connectivity index (χ4n) is 1.79. The highest BCUT2D eigenvalue weighted by Gasteiger charge is 2.11. The number of aromatic nitrogens is 2. The first-order valence-corrected chi connectivity index (χ1v) is 7.56. The third-order valence-electron chi connectivity index (χ3n) is 2.95. The molecule has 0 aliphatic carbocycles. The molecule has 1 unspecified atom stereocenters. The summed E-state index contributed by atoms with van der Waals surface area (Å²) in [6.45, 7) is 4.41. The number of carboxylic acid groups (broad SMARTS) is 2. The van der Waals surface area contributed by atoms with Gasteiger partial charge in [0, 0.05) is 24.5 Å². The van der Waals surface area contributed by atoms with Crippen LogP contribution in [-0.4, -0.2) is 31.7 Å². The summed E-state index contributed by atoms with van der Waals surface area (Å²) < 4.78 is 2.14. The van der Waals surface area contributed by atoms with Crippen molar-refractivity contribution < 1.29 is 19.8 Å². The second kappa shape index (κ2) is 8.78. The van der Waals surface area contributed by atoms with Crippen molar-refractivity contribution in [1.29, 1.82) is 0 Å². The standard InChI is InChI=1S/C11H14N2S.C4H4O4/c1-3-10-6-14-7-11(10)9(2)13-5-4-12-8-13;5-3(6)1-2-4(7)8/h4-9H,3H2,1-2H3;1-2H,(H,5,6)(H,7,8)/b;2-1+. The van der Waals surface area contributed by atoms with Crippen molar-refractivity contribution in [2.75, 3.05) is 0 Å². The van der Waals surface area contributed by atoms with Crippen LogP contribution in [0.25, 0.3) is 0 Å². The average molecular weight is 322 g/mol. The summed E-state index contributed by atoms with van der Waals surface area (Å²) in [7, 11) is 0. The van der Waals surface area contributed by atoms with E-state index in [2.05, 4.69) is 34.2 Å². The summed E-state index contributed by atoms with van der Waals surface area (Å²) in [6.07, 6.45) is 7.95. The first-order valence-electron chi connectivity index (χ1n) is 6.62. The van der Waals surface area contributed by atoms with Crippen molar-refractivity contribution in [2.45, 2.75) is 26.3 Å². The lowest BCUT2D eigenvalue weighted by Crippen LogP contribution is -2.05. The molecule has 118 valence electrons. The number of nitrogens with zero attached hydrogens (tertiary/aromatic N) is 2. The van der Waals surface area contributed by atoms with Crippen LogP contribution >= 0.6 is 11.3 Å². The number of hydrogen-bond donors (Lipinski definition) is 2. The highest BCUT2D eigenvalue weighted by atomic mass is 32.1. The molecule has 2 aromatic rings. The molecule has 2 heterocycles. The third kappa shape index (κ3) is 5.53. The van der Waals surface area contributed by atoms with Gasteiger partial charge < -0.3 is 14.8 Å². The predicted molar refractivity (Wildman–Crippen MR) is 84.1 cm³/mol. The zero-order valence-electron chi connectivity index (χ0n) is 12.3. The van der Waals surface area contributed by atoms with Gasteiger partial charge in [0.15, 0.2) is 0 Å². The summed E-state index contributed by atoms with van der Waals surface area (Å²) in [5.41, 5.74) is 2.88. The van der Waals surface area contributed by atoms with E-state index in [0.717, 1.165) is 6.42 Å². The third-order valence-corrected chi connectivity index (χ3v) is 3.76. The molecule has 0 aliphatic heterocycles. The van der Waals surface area contributed by atoms with Crippen LogP contribution in [0.1, 0.15) is 31.0 Å². The highest BCUT2D eigenvalue weighted by Crippen LogP contribution is 2.25. The van der Waals surface area contributed by atoms with Crippen molar-refractivity contribution >= 4 is 23.3 Å². The van der Waals surface area contributed by atoms with Gasteiger partial charge in [-0.25, -0.2) is 14.6 Å². The Hall–Kier alpha value is -2.41. The number of hydrogen-bond acceptors (Lipinski definition) is 4. The molecule has 0 aliphatic rings. The Morgan fingerprint density at radius 3 is 2.41 bits per heavy atom. The minimum absolute atomic E-state index is 0.402. The van der Waals surface area contributed by atoms with Crippen LogP contribution in [0.2, 0.25) is 0 Å². The second-order valence-electron chi connectivity index (χ2n) is 4.40. The molecule has 0 fully saturated rings. The zero-order chi connectivity index (χ0) is 16.5. The molecule has 0 spiro atoms. The first kappa shape index (κ1) is 17.6. The minimum atomic E-state index is -1.26. The van der Waals surface area contributed by atoms with Crippen LogP contribution < -0.4 is 0 Å². The Morgan fingerprint density at radius 1 is 1.32 bits per heavy atom. The van der Waals surface area contributed by atoms with E-state index in [1.807, 2.05) is 18.7 Å². The molecule has 0 bridgehead atoms. The number of rotatable bonds is 5. The number of aliphatic carboxylic acids is 2. The lowest BCUT2D eigenvalue weighted by Gasteiger charge is -2.13. The summed E-state index contributed by atoms with van der Waals surface area (Å²) in [6, 6.07) is 0.402. The van der Waals surface area contributed by atoms with E-state index in [1.165, 1.54) is 11.1 Å². The van der Waals surface area contributed by atoms with Crippen molar-refractivity contribution in [2.24, 2.45) is 0 Å². The fourth-order valence-corrected chi connectivity index (χ4v) is 2.82. The van der Waals surface area contributed by atoms with Gasteiger partial charge in [0.2, 0.25) is 0 Å². The van der Waals surface area contributed by atoms with Gasteiger partial charge in [0.05, 0.1) is 12.4 Å². The highest BCUT2D eigenvalue weighted by molar-refractivity contribution is 7.08. The summed E-state index contributed by atoms with van der Waals surface area (Å²) >= 11 is 1.78. The van der Waals surface area contributed by atoms with Crippen molar-refractivity contribution in [3.05, 3.63) is 52.8 Å². The average Bonchev–Trinajstić information content (AvgIpc) is 3.15. The molecule has 2 N–H and O–H groups in total. The van der Waals surface area contributed by atoms with Gasteiger partial charge in [0.25, 0.3) is 0 Å². The molecule has 2 rings (SSSR count). The lowest BCUT2D eigenvalue weighted by atomic mass is 10.1. The summed E-state index contributed by atoms with van der Waals surface area (Å²) in [5.74, 6) is -2.51. The quantitative estimate of drug-likeness (QED) is 0.826. The first-order chi connectivity index (χ1) is 10.5. The summed E-state index contributed by atoms with van der Waals surface area (Å²) in [4.78, 5) is 23.2. The van der Waals surface area contributed by atoms with Gasteiger partial charge in [-0.3, -0.25) is 0 Å². The van der Waals surface area contributed by atoms with E-state index in [1.54, 1.807) is 11.3 Å². The Morgan fingerprint density at radius 2 is 1.95 bits per heavy atom. The molecule has 0 radical (unpaired) electrons. The Balaban J connectivity index is 0.000000261. The van der Waals surface area contributed by atoms with Crippen molar-refractivity contribution in [3.63, 3.8) is 0 Å². The number of carboxylic acids is 2. The van der Waals surface area contributed by atoms with E-state index in [-0.39, 0.29) is 0 Å². The smallest absolute Gasteiger partial charge is 0.328 e. The largest absolute Gasteiger partial charge is 0.478 e. The number of aryl methyl sites for hydroxylation is 1. The van der Waals surface area contributed by atoms with Crippen LogP contribution in [0.5, 0.6) is 0 Å². The second-order valence-corrected chi connectivity index (χ2v) is 5.15. The minimum Gasteiger partial charge on any atom is -0.478 e. The molecule has 7 heteroatoms. The van der Waals surface area contributed by atoms with Gasteiger partial charge in [-0.1, -0.05) is 6.92 Å². The Bertz CT molecular complexity index is 616. The Kier molecular flexibility index (Phi) is 7.04. The van der Waals surface area contributed by atoms with E-state index in [4.69, 9.17) is 10.2 Å². The molecule has 2 aromatic heterocycles. The van der Waals surface area contributed by atoms with E-state index in [9.17, 15) is 9.59 Å². The lowest BCUT2D eigenvalue weighted by molar-refractivity contribution is -0.134. The molecular formula is C15H18N2O4S. The van der Waals surface area contributed by atoms with Gasteiger partial charge >= 0.3 is 11.9 Å². The summed E-state index contributed by atoms with van der Waals surface area (Å²) in [5, 5.41) is 20.1. The van der Waals surface area contributed by atoms with Gasteiger partial charge in [0.1, 0.15) is 0 Å². The monoisotopic (exact) mass is 322 g/mol. The zero-order valence-corrected chi connectivity index (χ0v) is 13.2. The van der Waals surface area contributed by atoms with Gasteiger partial charge in [-0.15, -0.1) is 0 Å². The van der Waals surface area contributed by atoms with Crippen LogP contribution in [0.4, 0.5) is 0 Å². The van der Waals surface area contributed by atoms with Crippen molar-refractivity contribution in [3.8, 4) is 0 Å².